The van der Waals surface area contributed by atoms with Crippen LogP contribution in [-0.4, -0.2) is 18.7 Å². The molecule has 0 bridgehead atoms. The van der Waals surface area contributed by atoms with Gasteiger partial charge in [0.2, 0.25) is 0 Å². The molecule has 0 radical (unpaired) electrons. The maximum absolute atomic E-state index is 11.3. The lowest BCUT2D eigenvalue weighted by atomic mass is 10.1. The first kappa shape index (κ1) is 21.2. The summed E-state index contributed by atoms with van der Waals surface area (Å²) in [6, 6.07) is 0. The van der Waals surface area contributed by atoms with Crippen LogP contribution in [0.3, 0.4) is 0 Å². The van der Waals surface area contributed by atoms with Crippen molar-refractivity contribution in [3.8, 4) is 0 Å². The molecular weight excluding hydrogens is 274 g/mol. The van der Waals surface area contributed by atoms with E-state index in [1.165, 1.54) is 64.2 Å². The average molecular weight is 312 g/mol. The molecule has 0 rings (SSSR count). The largest absolute Gasteiger partial charge is 0.444 e. The Morgan fingerprint density at radius 1 is 0.955 bits per heavy atom. The Hall–Kier alpha value is -0.830. The van der Waals surface area contributed by atoms with Gasteiger partial charge in [-0.1, -0.05) is 77.7 Å². The minimum absolute atomic E-state index is 0.229. The van der Waals surface area contributed by atoms with Crippen molar-refractivity contribution in [2.75, 3.05) is 6.54 Å². The Morgan fingerprint density at radius 2 is 1.41 bits per heavy atom. The van der Waals surface area contributed by atoms with Crippen LogP contribution < -0.4 is 5.32 Å². The van der Waals surface area contributed by atoms with Gasteiger partial charge < -0.3 is 4.74 Å². The Bertz CT molecular complexity index is 289. The van der Waals surface area contributed by atoms with E-state index >= 15 is 0 Å². The molecule has 0 aliphatic rings. The number of hydrogen-bond donors (Lipinski definition) is 1. The highest BCUT2D eigenvalue weighted by atomic mass is 16.6. The summed E-state index contributed by atoms with van der Waals surface area (Å²) in [4.78, 5) is 11.3. The summed E-state index contributed by atoms with van der Waals surface area (Å²) in [5.74, 6) is -0.320. The first-order chi connectivity index (χ1) is 10.6. The molecule has 0 aliphatic heterocycles. The van der Waals surface area contributed by atoms with E-state index in [-0.39, 0.29) is 12.2 Å². The van der Waals surface area contributed by atoms with Gasteiger partial charge in [0, 0.05) is 5.57 Å². The van der Waals surface area contributed by atoms with Crippen LogP contribution in [0.15, 0.2) is 12.2 Å². The highest BCUT2D eigenvalue weighted by Crippen LogP contribution is 2.11. The van der Waals surface area contributed by atoms with E-state index in [1.54, 1.807) is 6.92 Å². The molecule has 130 valence electrons. The molecule has 1 unspecified atom stereocenters. The first-order valence-electron chi connectivity index (χ1n) is 9.17. The van der Waals surface area contributed by atoms with E-state index < -0.39 is 0 Å². The molecule has 22 heavy (non-hydrogen) atoms. The number of rotatable bonds is 15. The van der Waals surface area contributed by atoms with Crippen molar-refractivity contribution in [2.24, 2.45) is 0 Å². The molecule has 1 atom stereocenters. The minimum atomic E-state index is -0.320. The monoisotopic (exact) mass is 311 g/mol. The highest BCUT2D eigenvalue weighted by Gasteiger charge is 2.08. The molecule has 3 nitrogen and oxygen atoms in total. The van der Waals surface area contributed by atoms with Crippen LogP contribution in [0.5, 0.6) is 0 Å². The topological polar surface area (TPSA) is 38.3 Å². The number of hydrogen-bond acceptors (Lipinski definition) is 3. The zero-order valence-corrected chi connectivity index (χ0v) is 15.1. The Kier molecular flexibility index (Phi) is 14.5. The summed E-state index contributed by atoms with van der Waals surface area (Å²) in [6.07, 6.45) is 14.6. The maximum Gasteiger partial charge on any atom is 0.334 e. The molecule has 0 aromatic rings. The molecule has 0 aromatic carbocycles. The van der Waals surface area contributed by atoms with Crippen molar-refractivity contribution in [2.45, 2.75) is 97.6 Å². The number of esters is 1. The van der Waals surface area contributed by atoms with E-state index in [9.17, 15) is 4.79 Å². The average Bonchev–Trinajstić information content (AvgIpc) is 2.48. The molecule has 0 saturated carbocycles. The van der Waals surface area contributed by atoms with Crippen LogP contribution in [0.1, 0.15) is 91.4 Å². The third kappa shape index (κ3) is 14.1. The van der Waals surface area contributed by atoms with Gasteiger partial charge in [0.1, 0.15) is 0 Å². The number of nitrogens with one attached hydrogen (secondary N) is 1. The summed E-state index contributed by atoms with van der Waals surface area (Å²) in [5, 5.41) is 3.21. The van der Waals surface area contributed by atoms with Gasteiger partial charge in [-0.3, -0.25) is 5.32 Å². The van der Waals surface area contributed by atoms with Crippen molar-refractivity contribution >= 4 is 5.97 Å². The van der Waals surface area contributed by atoms with Crippen molar-refractivity contribution in [3.63, 3.8) is 0 Å². The lowest BCUT2D eigenvalue weighted by Gasteiger charge is -2.14. The van der Waals surface area contributed by atoms with Crippen molar-refractivity contribution in [1.29, 1.82) is 0 Å². The van der Waals surface area contributed by atoms with Gasteiger partial charge in [-0.05, 0) is 26.8 Å². The van der Waals surface area contributed by atoms with Crippen LogP contribution in [0, 0.1) is 0 Å². The number of carbonyl (C=O) groups excluding carboxylic acids is 1. The second-order valence-electron chi connectivity index (χ2n) is 6.32. The maximum atomic E-state index is 11.3. The highest BCUT2D eigenvalue weighted by molar-refractivity contribution is 5.87. The summed E-state index contributed by atoms with van der Waals surface area (Å²) in [5.41, 5.74) is 0.448. The predicted molar refractivity (Wildman–Crippen MR) is 94.8 cm³/mol. The van der Waals surface area contributed by atoms with Gasteiger partial charge >= 0.3 is 5.97 Å². The number of carbonyl (C=O) groups is 1. The molecule has 1 N–H and O–H groups in total. The van der Waals surface area contributed by atoms with Crippen LogP contribution in [-0.2, 0) is 9.53 Å². The third-order valence-electron chi connectivity index (χ3n) is 3.84. The SMILES string of the molecule is C=C(C)C(=O)OC(C)NCCCCCCCCCCCCC. The van der Waals surface area contributed by atoms with E-state index in [4.69, 9.17) is 4.74 Å². The van der Waals surface area contributed by atoms with E-state index in [1.807, 2.05) is 6.92 Å². The molecule has 3 heteroatoms. The molecule has 0 aliphatic carbocycles. The fourth-order valence-electron chi connectivity index (χ4n) is 2.40. The van der Waals surface area contributed by atoms with Gasteiger partial charge in [0.15, 0.2) is 6.23 Å². The normalized spacial score (nSPS) is 12.1. The Balaban J connectivity index is 3.23. The molecule has 0 aromatic heterocycles. The standard InChI is InChI=1S/C19H37NO2/c1-5-6-7-8-9-10-11-12-13-14-15-16-20-18(4)22-19(21)17(2)3/h18,20H,2,5-16H2,1,3-4H3. The Morgan fingerprint density at radius 3 is 1.86 bits per heavy atom. The predicted octanol–water partition coefficient (Wildman–Crippen LogP) is 5.35. The molecule has 0 spiro atoms. The van der Waals surface area contributed by atoms with Crippen LogP contribution in [0.25, 0.3) is 0 Å². The van der Waals surface area contributed by atoms with Gasteiger partial charge in [-0.25, -0.2) is 4.79 Å². The minimum Gasteiger partial charge on any atom is -0.444 e. The fraction of sp³-hybridized carbons (Fsp3) is 0.842. The number of unbranched alkanes of at least 4 members (excludes halogenated alkanes) is 10. The molecule has 0 heterocycles. The summed E-state index contributed by atoms with van der Waals surface area (Å²) in [7, 11) is 0. The van der Waals surface area contributed by atoms with Crippen molar-refractivity contribution in [1.82, 2.24) is 5.32 Å². The van der Waals surface area contributed by atoms with Crippen molar-refractivity contribution < 1.29 is 9.53 Å². The van der Waals surface area contributed by atoms with Gasteiger partial charge in [-0.15, -0.1) is 0 Å². The van der Waals surface area contributed by atoms with E-state index in [2.05, 4.69) is 18.8 Å². The Labute approximate surface area is 137 Å². The second kappa shape index (κ2) is 15.1. The molecule has 0 amide bonds. The zero-order chi connectivity index (χ0) is 16.6. The van der Waals surface area contributed by atoms with E-state index in [0.717, 1.165) is 13.0 Å². The third-order valence-corrected chi connectivity index (χ3v) is 3.84. The zero-order valence-electron chi connectivity index (χ0n) is 15.1. The van der Waals surface area contributed by atoms with Gasteiger partial charge in [-0.2, -0.15) is 0 Å². The lowest BCUT2D eigenvalue weighted by molar-refractivity contribution is -0.144. The molecule has 0 fully saturated rings. The van der Waals surface area contributed by atoms with Crippen LogP contribution in [0.4, 0.5) is 0 Å². The smallest absolute Gasteiger partial charge is 0.334 e. The van der Waals surface area contributed by atoms with Crippen LogP contribution >= 0.6 is 0 Å². The molecule has 0 saturated heterocycles. The summed E-state index contributed by atoms with van der Waals surface area (Å²) >= 11 is 0. The van der Waals surface area contributed by atoms with Crippen molar-refractivity contribution in [3.05, 3.63) is 12.2 Å². The summed E-state index contributed by atoms with van der Waals surface area (Å²) < 4.78 is 5.16. The lowest BCUT2D eigenvalue weighted by Crippen LogP contribution is -2.31. The van der Waals surface area contributed by atoms with E-state index in [0.29, 0.717) is 5.57 Å². The van der Waals surface area contributed by atoms with Gasteiger partial charge in [0.25, 0.3) is 0 Å². The van der Waals surface area contributed by atoms with Crippen LogP contribution in [0.2, 0.25) is 0 Å². The summed E-state index contributed by atoms with van der Waals surface area (Å²) in [6.45, 7) is 10.3. The van der Waals surface area contributed by atoms with Gasteiger partial charge in [0.05, 0.1) is 0 Å². The molecular formula is C19H37NO2. The number of ether oxygens (including phenoxy) is 1. The quantitative estimate of drug-likeness (QED) is 0.192. The second-order valence-corrected chi connectivity index (χ2v) is 6.32. The first-order valence-corrected chi connectivity index (χ1v) is 9.17. The fourth-order valence-corrected chi connectivity index (χ4v) is 2.40.